The van der Waals surface area contributed by atoms with Gasteiger partial charge in [0, 0.05) is 11.3 Å². The van der Waals surface area contributed by atoms with Gasteiger partial charge in [-0.1, -0.05) is 30.3 Å². The Kier molecular flexibility index (Phi) is 5.03. The minimum atomic E-state index is -0.273. The van der Waals surface area contributed by atoms with Crippen molar-refractivity contribution in [1.82, 2.24) is 14.8 Å². The van der Waals surface area contributed by atoms with Crippen LogP contribution in [0, 0.1) is 0 Å². The molecular weight excluding hydrogens is 366 g/mol. The average molecular weight is 389 g/mol. The summed E-state index contributed by atoms with van der Waals surface area (Å²) >= 11 is 0. The van der Waals surface area contributed by atoms with Crippen LogP contribution in [0.4, 0.5) is 11.9 Å². The fraction of sp³-hybridized carbons (Fsp3) is 0.227. The predicted molar refractivity (Wildman–Crippen MR) is 112 cm³/mol. The molecule has 0 saturated heterocycles. The molecule has 0 radical (unpaired) electrons. The summed E-state index contributed by atoms with van der Waals surface area (Å²) in [4.78, 5) is 17.0. The lowest BCUT2D eigenvalue weighted by molar-refractivity contribution is 0.102. The molecule has 2 N–H and O–H groups in total. The molecule has 0 bridgehead atoms. The highest BCUT2D eigenvalue weighted by atomic mass is 16.5. The Hall–Kier alpha value is -3.61. The van der Waals surface area contributed by atoms with Crippen LogP contribution in [0.25, 0.3) is 0 Å². The highest BCUT2D eigenvalue weighted by molar-refractivity contribution is 6.03. The van der Waals surface area contributed by atoms with Crippen molar-refractivity contribution in [2.24, 2.45) is 0 Å². The number of anilines is 2. The second-order valence-corrected chi connectivity index (χ2v) is 7.18. The van der Waals surface area contributed by atoms with Crippen molar-refractivity contribution < 1.29 is 9.53 Å². The van der Waals surface area contributed by atoms with Crippen LogP contribution in [0.1, 0.15) is 42.7 Å². The van der Waals surface area contributed by atoms with Gasteiger partial charge in [-0.25, -0.2) is 4.68 Å². The number of carbonyl (C=O) groups is 1. The van der Waals surface area contributed by atoms with Crippen LogP contribution < -0.4 is 15.4 Å². The summed E-state index contributed by atoms with van der Waals surface area (Å²) < 4.78 is 7.39. The van der Waals surface area contributed by atoms with Crippen molar-refractivity contribution in [2.45, 2.75) is 32.9 Å². The zero-order chi connectivity index (χ0) is 20.4. The number of aromatic nitrogens is 3. The largest absolute Gasteiger partial charge is 0.491 e. The van der Waals surface area contributed by atoms with Gasteiger partial charge >= 0.3 is 0 Å². The molecule has 7 nitrogen and oxygen atoms in total. The highest BCUT2D eigenvalue weighted by Gasteiger charge is 2.24. The minimum Gasteiger partial charge on any atom is -0.491 e. The summed E-state index contributed by atoms with van der Waals surface area (Å²) in [6.07, 6.45) is 2.16. The molecule has 2 heterocycles. The van der Waals surface area contributed by atoms with Crippen molar-refractivity contribution >= 4 is 17.8 Å². The molecule has 3 aromatic rings. The van der Waals surface area contributed by atoms with E-state index in [0.29, 0.717) is 11.5 Å². The molecule has 1 aromatic heterocycles. The van der Waals surface area contributed by atoms with Crippen molar-refractivity contribution in [1.29, 1.82) is 0 Å². The maximum Gasteiger partial charge on any atom is 0.258 e. The second kappa shape index (κ2) is 7.79. The van der Waals surface area contributed by atoms with Crippen LogP contribution in [0.2, 0.25) is 0 Å². The monoisotopic (exact) mass is 389 g/mol. The fourth-order valence-corrected chi connectivity index (χ4v) is 3.20. The lowest BCUT2D eigenvalue weighted by Crippen LogP contribution is -2.19. The molecule has 148 valence electrons. The van der Waals surface area contributed by atoms with Crippen LogP contribution in [-0.4, -0.2) is 26.8 Å². The zero-order valence-electron chi connectivity index (χ0n) is 16.6. The van der Waals surface area contributed by atoms with E-state index in [4.69, 9.17) is 4.74 Å². The topological polar surface area (TPSA) is 81.1 Å². The number of ether oxygens (including phenoxy) is 1. The molecule has 1 unspecified atom stereocenters. The Morgan fingerprint density at radius 2 is 1.86 bits per heavy atom. The van der Waals surface area contributed by atoms with Gasteiger partial charge in [-0.05, 0) is 56.7 Å². The molecule has 0 saturated carbocycles. The molecule has 0 aliphatic carbocycles. The maximum absolute atomic E-state index is 12.6. The standard InChI is InChI=1S/C22H23N5O2/c1-14(2)29-18-11-9-17(10-12-18)20(28)24-21-25-22-23-15(3)13-19(27(22)26-21)16-7-5-4-6-8-16/h4-14,19H,1-3H3,(H2,23,24,25,26,28). The quantitative estimate of drug-likeness (QED) is 0.682. The number of hydrogen-bond donors (Lipinski definition) is 2. The van der Waals surface area contributed by atoms with Gasteiger partial charge in [-0.2, -0.15) is 4.98 Å². The van der Waals surface area contributed by atoms with Crippen molar-refractivity contribution in [2.75, 3.05) is 10.6 Å². The Labute approximate surface area is 169 Å². The van der Waals surface area contributed by atoms with E-state index in [-0.39, 0.29) is 24.0 Å². The number of nitrogens with zero attached hydrogens (tertiary/aromatic N) is 3. The third-order valence-electron chi connectivity index (χ3n) is 4.47. The van der Waals surface area contributed by atoms with E-state index in [2.05, 4.69) is 26.8 Å². The summed E-state index contributed by atoms with van der Waals surface area (Å²) in [5.74, 6) is 1.30. The number of rotatable bonds is 5. The second-order valence-electron chi connectivity index (χ2n) is 7.18. The normalized spacial score (nSPS) is 15.3. The number of hydrogen-bond acceptors (Lipinski definition) is 5. The molecular formula is C22H23N5O2. The first kappa shape index (κ1) is 18.7. The molecule has 0 fully saturated rings. The van der Waals surface area contributed by atoms with Crippen molar-refractivity contribution in [3.05, 3.63) is 77.5 Å². The Bertz CT molecular complexity index is 1040. The first-order valence-electron chi connectivity index (χ1n) is 9.54. The number of amides is 1. The van der Waals surface area contributed by atoms with E-state index >= 15 is 0 Å². The van der Waals surface area contributed by atoms with Gasteiger partial charge in [-0.3, -0.25) is 10.1 Å². The lowest BCUT2D eigenvalue weighted by atomic mass is 10.1. The molecule has 2 aromatic carbocycles. The first-order valence-corrected chi connectivity index (χ1v) is 9.54. The lowest BCUT2D eigenvalue weighted by Gasteiger charge is -2.22. The Morgan fingerprint density at radius 1 is 1.14 bits per heavy atom. The van der Waals surface area contributed by atoms with Crippen LogP contribution in [-0.2, 0) is 0 Å². The van der Waals surface area contributed by atoms with Gasteiger partial charge in [0.2, 0.25) is 5.95 Å². The molecule has 4 rings (SSSR count). The van der Waals surface area contributed by atoms with Gasteiger partial charge in [0.15, 0.2) is 0 Å². The predicted octanol–water partition coefficient (Wildman–Crippen LogP) is 4.24. The smallest absolute Gasteiger partial charge is 0.258 e. The number of allylic oxidation sites excluding steroid dienone is 2. The Morgan fingerprint density at radius 3 is 2.55 bits per heavy atom. The van der Waals surface area contributed by atoms with Crippen LogP contribution in [0.3, 0.4) is 0 Å². The summed E-state index contributed by atoms with van der Waals surface area (Å²) in [5, 5.41) is 10.5. The van der Waals surface area contributed by atoms with E-state index < -0.39 is 0 Å². The minimum absolute atomic E-state index is 0.0814. The number of nitrogens with one attached hydrogen (secondary N) is 2. The molecule has 1 amide bonds. The number of fused-ring (bicyclic) bond motifs is 1. The van der Waals surface area contributed by atoms with E-state index in [1.807, 2.05) is 51.1 Å². The molecule has 1 aliphatic heterocycles. The molecule has 1 aliphatic rings. The summed E-state index contributed by atoms with van der Waals surface area (Å²) in [5.41, 5.74) is 2.59. The molecule has 0 spiro atoms. The van der Waals surface area contributed by atoms with E-state index in [9.17, 15) is 4.79 Å². The zero-order valence-corrected chi connectivity index (χ0v) is 16.6. The van der Waals surface area contributed by atoms with Gasteiger partial charge in [-0.15, -0.1) is 5.10 Å². The third kappa shape index (κ3) is 4.13. The van der Waals surface area contributed by atoms with Gasteiger partial charge < -0.3 is 10.1 Å². The van der Waals surface area contributed by atoms with Crippen LogP contribution in [0.5, 0.6) is 5.75 Å². The first-order chi connectivity index (χ1) is 14.0. The summed E-state index contributed by atoms with van der Waals surface area (Å²) in [6.45, 7) is 5.90. The van der Waals surface area contributed by atoms with Crippen LogP contribution >= 0.6 is 0 Å². The van der Waals surface area contributed by atoms with E-state index in [1.165, 1.54) is 0 Å². The summed E-state index contributed by atoms with van der Waals surface area (Å²) in [7, 11) is 0. The van der Waals surface area contributed by atoms with E-state index in [0.717, 1.165) is 17.0 Å². The summed E-state index contributed by atoms with van der Waals surface area (Å²) in [6, 6.07) is 17.0. The SMILES string of the molecule is CC1=CC(c2ccccc2)n2nc(NC(=O)c3ccc(OC(C)C)cc3)nc2N1. The van der Waals surface area contributed by atoms with Gasteiger partial charge in [0.05, 0.1) is 6.10 Å². The maximum atomic E-state index is 12.6. The number of carbonyl (C=O) groups excluding carboxylic acids is 1. The van der Waals surface area contributed by atoms with Gasteiger partial charge in [0.25, 0.3) is 11.9 Å². The van der Waals surface area contributed by atoms with Gasteiger partial charge in [0.1, 0.15) is 11.8 Å². The molecule has 1 atom stereocenters. The third-order valence-corrected chi connectivity index (χ3v) is 4.47. The number of benzene rings is 2. The van der Waals surface area contributed by atoms with Crippen molar-refractivity contribution in [3.63, 3.8) is 0 Å². The Balaban J connectivity index is 1.53. The highest BCUT2D eigenvalue weighted by Crippen LogP contribution is 2.29. The van der Waals surface area contributed by atoms with Crippen molar-refractivity contribution in [3.8, 4) is 5.75 Å². The van der Waals surface area contributed by atoms with Crippen LogP contribution in [0.15, 0.2) is 66.4 Å². The molecule has 29 heavy (non-hydrogen) atoms. The van der Waals surface area contributed by atoms with E-state index in [1.54, 1.807) is 28.9 Å². The average Bonchev–Trinajstić information content (AvgIpc) is 3.10. The fourth-order valence-electron chi connectivity index (χ4n) is 3.20. The molecule has 7 heteroatoms.